The fourth-order valence-electron chi connectivity index (χ4n) is 1.37. The van der Waals surface area contributed by atoms with Gasteiger partial charge in [-0.15, -0.1) is 0 Å². The highest BCUT2D eigenvalue weighted by Gasteiger charge is 2.20. The predicted molar refractivity (Wildman–Crippen MR) is 69.0 cm³/mol. The Labute approximate surface area is 106 Å². The van der Waals surface area contributed by atoms with Crippen molar-refractivity contribution in [2.24, 2.45) is 0 Å². The molecule has 18 heavy (non-hydrogen) atoms. The van der Waals surface area contributed by atoms with E-state index in [0.29, 0.717) is 5.56 Å². The third-order valence-corrected chi connectivity index (χ3v) is 2.05. The summed E-state index contributed by atoms with van der Waals surface area (Å²) in [6.07, 6.45) is -0.301. The van der Waals surface area contributed by atoms with Crippen LogP contribution in [0.3, 0.4) is 0 Å². The van der Waals surface area contributed by atoms with Crippen LogP contribution in [0.5, 0.6) is 0 Å². The minimum Gasteiger partial charge on any atom is -0.460 e. The molecule has 0 unspecified atom stereocenters. The van der Waals surface area contributed by atoms with Gasteiger partial charge in [-0.2, -0.15) is 0 Å². The zero-order chi connectivity index (χ0) is 13.8. The van der Waals surface area contributed by atoms with Gasteiger partial charge in [0.15, 0.2) is 0 Å². The van der Waals surface area contributed by atoms with Crippen LogP contribution in [-0.2, 0) is 9.53 Å². The van der Waals surface area contributed by atoms with Crippen LogP contribution in [0.2, 0.25) is 0 Å². The second kappa shape index (κ2) is 5.58. The fraction of sp³-hybridized carbons (Fsp3) is 0.357. The molecule has 1 aromatic rings. The topological polar surface area (TPSA) is 67.2 Å². The fourth-order valence-corrected chi connectivity index (χ4v) is 1.37. The Morgan fingerprint density at radius 2 is 1.72 bits per heavy atom. The van der Waals surface area contributed by atoms with Gasteiger partial charge in [0, 0.05) is 5.56 Å². The molecule has 1 aromatic carbocycles. The van der Waals surface area contributed by atoms with E-state index in [9.17, 15) is 9.59 Å². The minimum atomic E-state index is -0.604. The third kappa shape index (κ3) is 4.49. The van der Waals surface area contributed by atoms with E-state index in [2.05, 4.69) is 0 Å². The molecular weight excluding hydrogens is 230 g/mol. The number of carbonyl (C=O) groups excluding carboxylic acids is 2. The molecule has 0 heterocycles. The maximum Gasteiger partial charge on any atom is 0.312 e. The number of nitrogens with one attached hydrogen (secondary N) is 1. The molecule has 0 amide bonds. The minimum absolute atomic E-state index is 0.254. The first-order chi connectivity index (χ1) is 8.29. The van der Waals surface area contributed by atoms with E-state index in [-0.39, 0.29) is 12.1 Å². The molecule has 0 saturated carbocycles. The van der Waals surface area contributed by atoms with Crippen LogP contribution in [0.4, 0.5) is 0 Å². The molecular formula is C14H17NO3. The van der Waals surface area contributed by atoms with Crippen molar-refractivity contribution in [3.8, 4) is 0 Å². The summed E-state index contributed by atoms with van der Waals surface area (Å²) in [7, 11) is 0. The van der Waals surface area contributed by atoms with Crippen molar-refractivity contribution in [3.05, 3.63) is 35.9 Å². The average Bonchev–Trinajstić information content (AvgIpc) is 2.26. The summed E-state index contributed by atoms with van der Waals surface area (Å²) in [5, 5.41) is 7.62. The first-order valence-electron chi connectivity index (χ1n) is 5.68. The van der Waals surface area contributed by atoms with Crippen molar-refractivity contribution in [3.63, 3.8) is 0 Å². The van der Waals surface area contributed by atoms with Crippen LogP contribution in [-0.4, -0.2) is 23.1 Å². The third-order valence-electron chi connectivity index (χ3n) is 2.05. The van der Waals surface area contributed by atoms with Crippen LogP contribution in [0.25, 0.3) is 0 Å². The Morgan fingerprint density at radius 3 is 2.22 bits per heavy atom. The maximum absolute atomic E-state index is 11.8. The van der Waals surface area contributed by atoms with Crippen molar-refractivity contribution >= 4 is 17.5 Å². The Bertz CT molecular complexity index is 458. The van der Waals surface area contributed by atoms with Gasteiger partial charge >= 0.3 is 5.97 Å². The van der Waals surface area contributed by atoms with Crippen LogP contribution < -0.4 is 0 Å². The maximum atomic E-state index is 11.8. The van der Waals surface area contributed by atoms with Gasteiger partial charge in [0.1, 0.15) is 5.60 Å². The van der Waals surface area contributed by atoms with Crippen molar-refractivity contribution < 1.29 is 14.3 Å². The first-order valence-corrected chi connectivity index (χ1v) is 5.68. The Morgan fingerprint density at radius 1 is 1.17 bits per heavy atom. The summed E-state index contributed by atoms with van der Waals surface area (Å²) in [5.41, 5.74) is -0.450. The summed E-state index contributed by atoms with van der Waals surface area (Å²) >= 11 is 0. The number of benzene rings is 1. The van der Waals surface area contributed by atoms with E-state index >= 15 is 0 Å². The lowest BCUT2D eigenvalue weighted by Crippen LogP contribution is -2.27. The SMILES string of the molecule is CC(C)(C)OC(=O)CC(=N)C(=O)c1ccccc1. The van der Waals surface area contributed by atoms with Gasteiger partial charge in [-0.05, 0) is 20.8 Å². The molecule has 0 aliphatic heterocycles. The van der Waals surface area contributed by atoms with Gasteiger partial charge in [0.05, 0.1) is 12.1 Å². The second-order valence-corrected chi connectivity index (χ2v) is 4.94. The summed E-state index contributed by atoms with van der Waals surface area (Å²) in [4.78, 5) is 23.3. The number of carbonyl (C=O) groups is 2. The molecule has 0 aromatic heterocycles. The Hall–Kier alpha value is -1.97. The predicted octanol–water partition coefficient (Wildman–Crippen LogP) is 2.62. The molecule has 0 aliphatic carbocycles. The highest BCUT2D eigenvalue weighted by Crippen LogP contribution is 2.10. The Balaban J connectivity index is 2.62. The summed E-state index contributed by atoms with van der Waals surface area (Å²) in [6, 6.07) is 8.45. The number of ketones is 1. The number of hydrogen-bond acceptors (Lipinski definition) is 4. The van der Waals surface area contributed by atoms with Crippen LogP contribution in [0.15, 0.2) is 30.3 Å². The molecule has 1 rings (SSSR count). The van der Waals surface area contributed by atoms with Crippen molar-refractivity contribution in [1.82, 2.24) is 0 Å². The molecule has 0 spiro atoms. The van der Waals surface area contributed by atoms with E-state index in [1.807, 2.05) is 0 Å². The van der Waals surface area contributed by atoms with Crippen molar-refractivity contribution in [2.75, 3.05) is 0 Å². The lowest BCUT2D eigenvalue weighted by atomic mass is 10.0. The monoisotopic (exact) mass is 247 g/mol. The van der Waals surface area contributed by atoms with E-state index < -0.39 is 17.4 Å². The lowest BCUT2D eigenvalue weighted by Gasteiger charge is -2.19. The van der Waals surface area contributed by atoms with E-state index in [0.717, 1.165) is 0 Å². The zero-order valence-electron chi connectivity index (χ0n) is 10.8. The van der Waals surface area contributed by atoms with Crippen LogP contribution in [0, 0.1) is 5.41 Å². The van der Waals surface area contributed by atoms with E-state index in [1.165, 1.54) is 0 Å². The molecule has 0 radical (unpaired) electrons. The molecule has 0 bridgehead atoms. The number of hydrogen-bond donors (Lipinski definition) is 1. The zero-order valence-corrected chi connectivity index (χ0v) is 10.8. The quantitative estimate of drug-likeness (QED) is 0.505. The van der Waals surface area contributed by atoms with Gasteiger partial charge in [-0.3, -0.25) is 9.59 Å². The standard InChI is InChI=1S/C14H17NO3/c1-14(2,3)18-12(16)9-11(15)13(17)10-7-5-4-6-8-10/h4-8,15H,9H2,1-3H3. The van der Waals surface area contributed by atoms with Crippen molar-refractivity contribution in [1.29, 1.82) is 5.41 Å². The van der Waals surface area contributed by atoms with Gasteiger partial charge in [-0.1, -0.05) is 30.3 Å². The molecule has 0 atom stereocenters. The normalized spacial score (nSPS) is 10.8. The van der Waals surface area contributed by atoms with Gasteiger partial charge in [0.25, 0.3) is 0 Å². The van der Waals surface area contributed by atoms with Gasteiger partial charge in [-0.25, -0.2) is 0 Å². The Kier molecular flexibility index (Phi) is 4.37. The smallest absolute Gasteiger partial charge is 0.312 e. The second-order valence-electron chi connectivity index (χ2n) is 4.94. The molecule has 0 saturated heterocycles. The lowest BCUT2D eigenvalue weighted by molar-refractivity contribution is -0.153. The van der Waals surface area contributed by atoms with Gasteiger partial charge < -0.3 is 10.1 Å². The molecule has 0 aliphatic rings. The average molecular weight is 247 g/mol. The highest BCUT2D eigenvalue weighted by atomic mass is 16.6. The van der Waals surface area contributed by atoms with Gasteiger partial charge in [0.2, 0.25) is 5.78 Å². The highest BCUT2D eigenvalue weighted by molar-refractivity contribution is 6.47. The summed E-state index contributed by atoms with van der Waals surface area (Å²) in [5.74, 6) is -1.00. The van der Waals surface area contributed by atoms with Crippen LogP contribution in [0.1, 0.15) is 37.6 Å². The molecule has 4 heteroatoms. The summed E-state index contributed by atoms with van der Waals surface area (Å²) < 4.78 is 5.06. The molecule has 96 valence electrons. The largest absolute Gasteiger partial charge is 0.460 e. The number of esters is 1. The van der Waals surface area contributed by atoms with Crippen molar-refractivity contribution in [2.45, 2.75) is 32.8 Å². The van der Waals surface area contributed by atoms with E-state index in [4.69, 9.17) is 10.1 Å². The molecule has 0 fully saturated rings. The molecule has 1 N–H and O–H groups in total. The number of rotatable bonds is 4. The molecule has 4 nitrogen and oxygen atoms in total. The number of ether oxygens (including phenoxy) is 1. The summed E-state index contributed by atoms with van der Waals surface area (Å²) in [6.45, 7) is 5.23. The first kappa shape index (κ1) is 14.1. The van der Waals surface area contributed by atoms with Crippen LogP contribution >= 0.6 is 0 Å². The van der Waals surface area contributed by atoms with E-state index in [1.54, 1.807) is 51.1 Å². The number of Topliss-reactive ketones (excluding diaryl/α,β-unsaturated/α-hetero) is 1.